The molecular formula is C24H33N3. The molecule has 2 aromatic carbocycles. The predicted molar refractivity (Wildman–Crippen MR) is 114 cm³/mol. The van der Waals surface area contributed by atoms with Gasteiger partial charge in [0.15, 0.2) is 0 Å². The van der Waals surface area contributed by atoms with Crippen molar-refractivity contribution < 1.29 is 0 Å². The molecule has 1 atom stereocenters. The van der Waals surface area contributed by atoms with Gasteiger partial charge in [0.05, 0.1) is 0 Å². The minimum absolute atomic E-state index is 0.593. The van der Waals surface area contributed by atoms with Crippen molar-refractivity contribution in [3.63, 3.8) is 0 Å². The van der Waals surface area contributed by atoms with E-state index in [2.05, 4.69) is 70.1 Å². The maximum Gasteiger partial charge on any atom is 0.0400 e. The van der Waals surface area contributed by atoms with Gasteiger partial charge in [-0.05, 0) is 42.0 Å². The standard InChI is InChI=1S/C24H33N3/c1-3-7-20(8-4-1)19-26-23-13-11-22(12-14-23)24(21-9-5-2-6-10-21)27-17-15-25-16-18-27/h1,3-4,7-8,11-14,21,24-26H,2,5-6,9-10,15-19H2/t24-/m0/s1. The largest absolute Gasteiger partial charge is 0.381 e. The molecule has 1 saturated carbocycles. The Morgan fingerprint density at radius 2 is 1.59 bits per heavy atom. The van der Waals surface area contributed by atoms with Crippen LogP contribution >= 0.6 is 0 Å². The van der Waals surface area contributed by atoms with E-state index in [0.717, 1.165) is 25.6 Å². The van der Waals surface area contributed by atoms with Gasteiger partial charge in [-0.3, -0.25) is 4.90 Å². The second kappa shape index (κ2) is 9.38. The third-order valence-corrected chi connectivity index (χ3v) is 6.23. The van der Waals surface area contributed by atoms with Crippen LogP contribution in [0.5, 0.6) is 0 Å². The quantitative estimate of drug-likeness (QED) is 0.770. The molecule has 2 aliphatic rings. The topological polar surface area (TPSA) is 27.3 Å². The van der Waals surface area contributed by atoms with Crippen molar-refractivity contribution in [2.75, 3.05) is 31.5 Å². The molecule has 0 unspecified atom stereocenters. The van der Waals surface area contributed by atoms with E-state index in [4.69, 9.17) is 0 Å². The van der Waals surface area contributed by atoms with Gasteiger partial charge in [0, 0.05) is 44.5 Å². The molecule has 0 bridgehead atoms. The number of rotatable bonds is 6. The molecule has 1 saturated heterocycles. The highest BCUT2D eigenvalue weighted by molar-refractivity contribution is 5.46. The van der Waals surface area contributed by atoms with Crippen molar-refractivity contribution in [1.29, 1.82) is 0 Å². The molecule has 2 aromatic rings. The van der Waals surface area contributed by atoms with Gasteiger partial charge in [0.25, 0.3) is 0 Å². The van der Waals surface area contributed by atoms with Crippen LogP contribution in [0.3, 0.4) is 0 Å². The summed E-state index contributed by atoms with van der Waals surface area (Å²) in [7, 11) is 0. The lowest BCUT2D eigenvalue weighted by molar-refractivity contribution is 0.103. The predicted octanol–water partition coefficient (Wildman–Crippen LogP) is 4.83. The van der Waals surface area contributed by atoms with E-state index in [1.54, 1.807) is 0 Å². The first kappa shape index (κ1) is 18.5. The highest BCUT2D eigenvalue weighted by Gasteiger charge is 2.30. The Bertz CT molecular complexity index is 653. The molecule has 0 spiro atoms. The van der Waals surface area contributed by atoms with Crippen LogP contribution in [0, 0.1) is 5.92 Å². The SMILES string of the molecule is c1ccc(CNc2ccc([C@H](C3CCCCC3)N3CCNCC3)cc2)cc1. The Hall–Kier alpha value is -1.84. The summed E-state index contributed by atoms with van der Waals surface area (Å²) in [5, 5.41) is 7.08. The van der Waals surface area contributed by atoms with E-state index in [1.807, 2.05) is 0 Å². The minimum atomic E-state index is 0.593. The third-order valence-electron chi connectivity index (χ3n) is 6.23. The zero-order chi connectivity index (χ0) is 18.3. The molecule has 1 aliphatic heterocycles. The molecule has 1 aliphatic carbocycles. The smallest absolute Gasteiger partial charge is 0.0400 e. The van der Waals surface area contributed by atoms with Gasteiger partial charge in [0.2, 0.25) is 0 Å². The number of hydrogen-bond acceptors (Lipinski definition) is 3. The number of nitrogens with zero attached hydrogens (tertiary/aromatic N) is 1. The number of hydrogen-bond donors (Lipinski definition) is 2. The van der Waals surface area contributed by atoms with Crippen molar-refractivity contribution in [3.05, 3.63) is 65.7 Å². The molecule has 0 aromatic heterocycles. The number of anilines is 1. The van der Waals surface area contributed by atoms with E-state index in [0.29, 0.717) is 6.04 Å². The second-order valence-electron chi connectivity index (χ2n) is 8.09. The Morgan fingerprint density at radius 1 is 0.889 bits per heavy atom. The van der Waals surface area contributed by atoms with Crippen molar-refractivity contribution in [1.82, 2.24) is 10.2 Å². The molecule has 4 rings (SSSR count). The lowest BCUT2D eigenvalue weighted by Crippen LogP contribution is -2.47. The average Bonchev–Trinajstić information content (AvgIpc) is 2.76. The van der Waals surface area contributed by atoms with Gasteiger partial charge in [-0.15, -0.1) is 0 Å². The summed E-state index contributed by atoms with van der Waals surface area (Å²) in [6, 6.07) is 20.5. The first-order chi connectivity index (χ1) is 13.4. The monoisotopic (exact) mass is 363 g/mol. The fourth-order valence-electron chi connectivity index (χ4n) is 4.79. The lowest BCUT2D eigenvalue weighted by Gasteiger charge is -2.41. The van der Waals surface area contributed by atoms with Crippen molar-refractivity contribution in [3.8, 4) is 0 Å². The van der Waals surface area contributed by atoms with Crippen LogP contribution in [-0.2, 0) is 6.54 Å². The van der Waals surface area contributed by atoms with Crippen molar-refractivity contribution >= 4 is 5.69 Å². The van der Waals surface area contributed by atoms with Crippen LogP contribution in [0.4, 0.5) is 5.69 Å². The molecule has 0 amide bonds. The van der Waals surface area contributed by atoms with Gasteiger partial charge in [-0.1, -0.05) is 61.7 Å². The molecule has 3 heteroatoms. The van der Waals surface area contributed by atoms with Gasteiger partial charge in [-0.25, -0.2) is 0 Å². The highest BCUT2D eigenvalue weighted by atomic mass is 15.2. The maximum absolute atomic E-state index is 3.56. The number of piperazine rings is 1. The number of benzene rings is 2. The minimum Gasteiger partial charge on any atom is -0.381 e. The molecule has 1 heterocycles. The van der Waals surface area contributed by atoms with Gasteiger partial charge in [0.1, 0.15) is 0 Å². The first-order valence-electron chi connectivity index (χ1n) is 10.7. The maximum atomic E-state index is 3.56. The summed E-state index contributed by atoms with van der Waals surface area (Å²) in [4.78, 5) is 2.74. The van der Waals surface area contributed by atoms with Crippen LogP contribution in [-0.4, -0.2) is 31.1 Å². The molecule has 2 fully saturated rings. The highest BCUT2D eigenvalue weighted by Crippen LogP contribution is 2.38. The second-order valence-corrected chi connectivity index (χ2v) is 8.09. The molecule has 2 N–H and O–H groups in total. The van der Waals surface area contributed by atoms with E-state index in [9.17, 15) is 0 Å². The van der Waals surface area contributed by atoms with Gasteiger partial charge in [-0.2, -0.15) is 0 Å². The summed E-state index contributed by atoms with van der Waals surface area (Å²) < 4.78 is 0. The molecule has 144 valence electrons. The third kappa shape index (κ3) is 4.91. The Morgan fingerprint density at radius 3 is 2.30 bits per heavy atom. The summed E-state index contributed by atoms with van der Waals surface area (Å²) in [5.41, 5.74) is 4.04. The van der Waals surface area contributed by atoms with Crippen LogP contribution < -0.4 is 10.6 Å². The van der Waals surface area contributed by atoms with E-state index in [1.165, 1.54) is 62.0 Å². The van der Waals surface area contributed by atoms with Gasteiger partial charge >= 0.3 is 0 Å². The van der Waals surface area contributed by atoms with E-state index >= 15 is 0 Å². The molecule has 27 heavy (non-hydrogen) atoms. The number of nitrogens with one attached hydrogen (secondary N) is 2. The lowest BCUT2D eigenvalue weighted by atomic mass is 9.80. The van der Waals surface area contributed by atoms with Crippen LogP contribution in [0.25, 0.3) is 0 Å². The van der Waals surface area contributed by atoms with E-state index in [-0.39, 0.29) is 0 Å². The van der Waals surface area contributed by atoms with Crippen LogP contribution in [0.1, 0.15) is 49.3 Å². The fraction of sp³-hybridized carbons (Fsp3) is 0.500. The normalized spacial score (nSPS) is 20.3. The average molecular weight is 364 g/mol. The van der Waals surface area contributed by atoms with Crippen molar-refractivity contribution in [2.24, 2.45) is 5.92 Å². The molecular weight excluding hydrogens is 330 g/mol. The van der Waals surface area contributed by atoms with Crippen LogP contribution in [0.15, 0.2) is 54.6 Å². The Balaban J connectivity index is 1.46. The zero-order valence-electron chi connectivity index (χ0n) is 16.4. The Kier molecular flexibility index (Phi) is 6.44. The summed E-state index contributed by atoms with van der Waals surface area (Å²) in [5.74, 6) is 0.819. The summed E-state index contributed by atoms with van der Waals surface area (Å²) in [6.07, 6.45) is 7.02. The summed E-state index contributed by atoms with van der Waals surface area (Å²) in [6.45, 7) is 5.48. The van der Waals surface area contributed by atoms with E-state index < -0.39 is 0 Å². The van der Waals surface area contributed by atoms with Crippen molar-refractivity contribution in [2.45, 2.75) is 44.7 Å². The molecule has 0 radical (unpaired) electrons. The zero-order valence-corrected chi connectivity index (χ0v) is 16.4. The molecule has 3 nitrogen and oxygen atoms in total. The summed E-state index contributed by atoms with van der Waals surface area (Å²) >= 11 is 0. The Labute approximate surface area is 164 Å². The fourth-order valence-corrected chi connectivity index (χ4v) is 4.79. The first-order valence-corrected chi connectivity index (χ1v) is 10.7. The van der Waals surface area contributed by atoms with Crippen LogP contribution in [0.2, 0.25) is 0 Å². The van der Waals surface area contributed by atoms with Gasteiger partial charge < -0.3 is 10.6 Å².